The highest BCUT2D eigenvalue weighted by Gasteiger charge is 2.14. The number of nitrogens with two attached hydrogens (primary N) is 1. The van der Waals surface area contributed by atoms with E-state index in [0.29, 0.717) is 16.9 Å². The molecule has 0 saturated carbocycles. The fourth-order valence-corrected chi connectivity index (χ4v) is 1.89. The molecular formula is C8H10N6O3S. The number of carbonyl (C=O) groups is 1. The molecule has 0 fully saturated rings. The van der Waals surface area contributed by atoms with Crippen molar-refractivity contribution >= 4 is 23.7 Å². The van der Waals surface area contributed by atoms with Crippen LogP contribution in [0.15, 0.2) is 9.68 Å². The van der Waals surface area contributed by atoms with Crippen LogP contribution in [0.3, 0.4) is 0 Å². The Kier molecular flexibility index (Phi) is 3.46. The number of nitrogen functional groups attached to an aromatic ring is 1. The lowest BCUT2D eigenvalue weighted by atomic mass is 10.6. The third-order valence-corrected chi connectivity index (χ3v) is 2.88. The molecule has 2 rings (SSSR count). The third kappa shape index (κ3) is 2.77. The van der Waals surface area contributed by atoms with Gasteiger partial charge < -0.3 is 15.4 Å². The molecule has 0 unspecified atom stereocenters. The average Bonchev–Trinajstić information content (AvgIpc) is 2.85. The summed E-state index contributed by atoms with van der Waals surface area (Å²) in [5, 5.41) is 20.1. The van der Waals surface area contributed by atoms with Crippen LogP contribution in [0, 0.1) is 6.92 Å². The lowest BCUT2D eigenvalue weighted by Crippen LogP contribution is -2.07. The highest BCUT2D eigenvalue weighted by Crippen LogP contribution is 2.18. The predicted octanol–water partition coefficient (Wildman–Crippen LogP) is -0.223. The number of carboxylic acid groups (broad SMARTS) is 1. The largest absolute Gasteiger partial charge is 0.481 e. The molecule has 0 amide bonds. The van der Waals surface area contributed by atoms with E-state index in [9.17, 15) is 4.79 Å². The van der Waals surface area contributed by atoms with Crippen molar-refractivity contribution in [3.05, 3.63) is 11.7 Å². The molecule has 2 aromatic heterocycles. The molecule has 18 heavy (non-hydrogen) atoms. The van der Waals surface area contributed by atoms with Gasteiger partial charge in [0, 0.05) is 0 Å². The number of anilines is 1. The molecule has 0 aliphatic carbocycles. The topological polar surface area (TPSA) is 133 Å². The van der Waals surface area contributed by atoms with E-state index in [1.807, 2.05) is 0 Å². The normalized spacial score (nSPS) is 10.7. The summed E-state index contributed by atoms with van der Waals surface area (Å²) in [5.41, 5.74) is 5.64. The molecule has 0 bridgehead atoms. The van der Waals surface area contributed by atoms with Crippen molar-refractivity contribution in [3.63, 3.8) is 0 Å². The Hall–Kier alpha value is -2.10. The van der Waals surface area contributed by atoms with E-state index in [1.54, 1.807) is 6.92 Å². The second-order valence-electron chi connectivity index (χ2n) is 3.34. The zero-order valence-electron chi connectivity index (χ0n) is 9.40. The van der Waals surface area contributed by atoms with E-state index in [2.05, 4.69) is 20.3 Å². The van der Waals surface area contributed by atoms with Gasteiger partial charge in [-0.25, -0.2) is 0 Å². The Balaban J connectivity index is 2.16. The number of hydrogen-bond acceptors (Lipinski definition) is 8. The molecule has 0 aromatic carbocycles. The molecule has 9 nitrogen and oxygen atoms in total. The third-order valence-electron chi connectivity index (χ3n) is 1.93. The molecule has 0 saturated heterocycles. The number of aliphatic carboxylic acids is 1. The maximum Gasteiger partial charge on any atom is 0.313 e. The zero-order chi connectivity index (χ0) is 13.1. The molecular weight excluding hydrogens is 260 g/mol. The molecule has 0 aliphatic heterocycles. The SMILES string of the molecule is Cc1noc(Cn2c(N)nnc2SCC(=O)O)n1. The minimum atomic E-state index is -0.943. The molecule has 0 spiro atoms. The van der Waals surface area contributed by atoms with Gasteiger partial charge in [-0.05, 0) is 6.92 Å². The minimum Gasteiger partial charge on any atom is -0.481 e. The molecule has 3 N–H and O–H groups in total. The van der Waals surface area contributed by atoms with Gasteiger partial charge in [0.2, 0.25) is 11.8 Å². The van der Waals surface area contributed by atoms with Crippen molar-refractivity contribution in [2.45, 2.75) is 18.6 Å². The Morgan fingerprint density at radius 2 is 2.33 bits per heavy atom. The van der Waals surface area contributed by atoms with Gasteiger partial charge in [-0.1, -0.05) is 16.9 Å². The van der Waals surface area contributed by atoms with E-state index in [0.717, 1.165) is 11.8 Å². The second kappa shape index (κ2) is 5.04. The van der Waals surface area contributed by atoms with Crippen molar-refractivity contribution in [2.24, 2.45) is 0 Å². The van der Waals surface area contributed by atoms with Gasteiger partial charge in [0.05, 0.1) is 5.75 Å². The molecule has 2 aromatic rings. The van der Waals surface area contributed by atoms with Crippen molar-refractivity contribution in [3.8, 4) is 0 Å². The number of thioether (sulfide) groups is 1. The van der Waals surface area contributed by atoms with Crippen LogP contribution in [0.4, 0.5) is 5.95 Å². The number of hydrogen-bond donors (Lipinski definition) is 2. The maximum absolute atomic E-state index is 10.5. The van der Waals surface area contributed by atoms with Gasteiger partial charge in [-0.2, -0.15) is 4.98 Å². The summed E-state index contributed by atoms with van der Waals surface area (Å²) in [7, 11) is 0. The first-order valence-corrected chi connectivity index (χ1v) is 5.87. The van der Waals surface area contributed by atoms with Crippen LogP contribution in [0.1, 0.15) is 11.7 Å². The van der Waals surface area contributed by atoms with E-state index in [4.69, 9.17) is 15.4 Å². The van der Waals surface area contributed by atoms with E-state index < -0.39 is 5.97 Å². The first-order chi connectivity index (χ1) is 8.56. The van der Waals surface area contributed by atoms with Gasteiger partial charge in [0.15, 0.2) is 11.0 Å². The summed E-state index contributed by atoms with van der Waals surface area (Å²) in [6, 6.07) is 0. The molecule has 0 radical (unpaired) electrons. The number of aryl methyl sites for hydroxylation is 1. The Labute approximate surface area is 105 Å². The van der Waals surface area contributed by atoms with Crippen LogP contribution >= 0.6 is 11.8 Å². The minimum absolute atomic E-state index is 0.124. The van der Waals surface area contributed by atoms with Crippen molar-refractivity contribution in [1.29, 1.82) is 0 Å². The highest BCUT2D eigenvalue weighted by molar-refractivity contribution is 7.99. The summed E-state index contributed by atoms with van der Waals surface area (Å²) < 4.78 is 6.47. The highest BCUT2D eigenvalue weighted by atomic mass is 32.2. The van der Waals surface area contributed by atoms with Gasteiger partial charge in [0.1, 0.15) is 6.54 Å². The monoisotopic (exact) mass is 270 g/mol. The number of nitrogens with zero attached hydrogens (tertiary/aromatic N) is 5. The Morgan fingerprint density at radius 3 is 2.94 bits per heavy atom. The van der Waals surface area contributed by atoms with Gasteiger partial charge >= 0.3 is 5.97 Å². The van der Waals surface area contributed by atoms with Gasteiger partial charge in [-0.3, -0.25) is 9.36 Å². The summed E-state index contributed by atoms with van der Waals surface area (Å²) in [4.78, 5) is 14.5. The fraction of sp³-hybridized carbons (Fsp3) is 0.375. The van der Waals surface area contributed by atoms with E-state index in [-0.39, 0.29) is 18.2 Å². The lowest BCUT2D eigenvalue weighted by Gasteiger charge is -2.03. The Morgan fingerprint density at radius 1 is 1.56 bits per heavy atom. The first-order valence-electron chi connectivity index (χ1n) is 4.88. The average molecular weight is 270 g/mol. The summed E-state index contributed by atoms with van der Waals surface area (Å²) in [6.07, 6.45) is 0. The summed E-state index contributed by atoms with van der Waals surface area (Å²) in [6.45, 7) is 1.91. The zero-order valence-corrected chi connectivity index (χ0v) is 10.2. The maximum atomic E-state index is 10.5. The number of carboxylic acids is 1. The summed E-state index contributed by atoms with van der Waals surface area (Å²) in [5.74, 6) is -0.0332. The van der Waals surface area contributed by atoms with Crippen LogP contribution in [0.5, 0.6) is 0 Å². The van der Waals surface area contributed by atoms with Gasteiger partial charge in [-0.15, -0.1) is 10.2 Å². The Bertz CT molecular complexity index is 565. The van der Waals surface area contributed by atoms with Crippen molar-refractivity contribution in [2.75, 3.05) is 11.5 Å². The van der Waals surface area contributed by atoms with Crippen molar-refractivity contribution in [1.82, 2.24) is 24.9 Å². The van der Waals surface area contributed by atoms with Gasteiger partial charge in [0.25, 0.3) is 0 Å². The standard InChI is InChI=1S/C8H10N6O3S/c1-4-10-5(17-13-4)2-14-7(9)11-12-8(14)18-3-6(15)16/h2-3H2,1H3,(H2,9,11)(H,15,16). The smallest absolute Gasteiger partial charge is 0.313 e. The van der Waals surface area contributed by atoms with Crippen LogP contribution < -0.4 is 5.73 Å². The van der Waals surface area contributed by atoms with Crippen molar-refractivity contribution < 1.29 is 14.4 Å². The van der Waals surface area contributed by atoms with Crippen LogP contribution in [0.25, 0.3) is 0 Å². The second-order valence-corrected chi connectivity index (χ2v) is 4.29. The lowest BCUT2D eigenvalue weighted by molar-refractivity contribution is -0.133. The molecule has 2 heterocycles. The molecule has 96 valence electrons. The number of aromatic nitrogens is 5. The quantitative estimate of drug-likeness (QED) is 0.707. The fourth-order valence-electron chi connectivity index (χ4n) is 1.22. The molecule has 0 atom stereocenters. The predicted molar refractivity (Wildman–Crippen MR) is 60.9 cm³/mol. The molecule has 0 aliphatic rings. The van der Waals surface area contributed by atoms with E-state index >= 15 is 0 Å². The van der Waals surface area contributed by atoms with E-state index in [1.165, 1.54) is 4.57 Å². The molecule has 10 heteroatoms. The summed E-state index contributed by atoms with van der Waals surface area (Å²) >= 11 is 1.02. The number of rotatable bonds is 5. The van der Waals surface area contributed by atoms with Crippen LogP contribution in [-0.2, 0) is 11.3 Å². The van der Waals surface area contributed by atoms with Crippen LogP contribution in [-0.4, -0.2) is 41.7 Å². The first kappa shape index (κ1) is 12.4. The van der Waals surface area contributed by atoms with Crippen LogP contribution in [0.2, 0.25) is 0 Å².